The van der Waals surface area contributed by atoms with E-state index in [9.17, 15) is 9.90 Å². The van der Waals surface area contributed by atoms with Crippen molar-refractivity contribution in [3.8, 4) is 0 Å². The molecule has 0 saturated heterocycles. The number of urea groups is 1. The normalized spacial score (nSPS) is 10.8. The molecule has 3 rings (SSSR count). The maximum atomic E-state index is 12.4. The molecule has 2 heterocycles. The van der Waals surface area contributed by atoms with E-state index < -0.39 is 0 Å². The predicted molar refractivity (Wildman–Crippen MR) is 96.2 cm³/mol. The Morgan fingerprint density at radius 2 is 1.96 bits per heavy atom. The van der Waals surface area contributed by atoms with Crippen molar-refractivity contribution in [1.82, 2.24) is 19.6 Å². The number of amides is 2. The van der Waals surface area contributed by atoms with Gasteiger partial charge in [-0.25, -0.2) is 9.78 Å². The average Bonchev–Trinajstić information content (AvgIpc) is 3.05. The minimum atomic E-state index is -0.179. The van der Waals surface area contributed by atoms with Crippen LogP contribution in [0.5, 0.6) is 0 Å². The van der Waals surface area contributed by atoms with Crippen molar-refractivity contribution in [2.45, 2.75) is 13.0 Å². The molecule has 0 aliphatic rings. The zero-order valence-corrected chi connectivity index (χ0v) is 14.0. The molecular weight excluding hydrogens is 316 g/mol. The van der Waals surface area contributed by atoms with Crippen molar-refractivity contribution in [3.63, 3.8) is 0 Å². The molecule has 0 unspecified atom stereocenters. The first kappa shape index (κ1) is 17.0. The fraction of sp³-hybridized carbons (Fsp3) is 0.263. The highest BCUT2D eigenvalue weighted by Crippen LogP contribution is 2.06. The molecule has 25 heavy (non-hydrogen) atoms. The van der Waals surface area contributed by atoms with Crippen molar-refractivity contribution in [2.75, 3.05) is 19.7 Å². The van der Waals surface area contributed by atoms with Gasteiger partial charge in [-0.1, -0.05) is 36.4 Å². The fourth-order valence-corrected chi connectivity index (χ4v) is 2.69. The Morgan fingerprint density at radius 3 is 2.72 bits per heavy atom. The van der Waals surface area contributed by atoms with Crippen molar-refractivity contribution >= 4 is 11.7 Å². The Labute approximate surface area is 146 Å². The van der Waals surface area contributed by atoms with Gasteiger partial charge < -0.3 is 19.7 Å². The van der Waals surface area contributed by atoms with Gasteiger partial charge in [-0.3, -0.25) is 0 Å². The van der Waals surface area contributed by atoms with E-state index in [1.54, 1.807) is 4.90 Å². The highest BCUT2D eigenvalue weighted by Gasteiger charge is 2.13. The van der Waals surface area contributed by atoms with E-state index in [0.29, 0.717) is 26.1 Å². The van der Waals surface area contributed by atoms with E-state index >= 15 is 0 Å². The van der Waals surface area contributed by atoms with Gasteiger partial charge in [0.2, 0.25) is 0 Å². The topological polar surface area (TPSA) is 69.9 Å². The lowest BCUT2D eigenvalue weighted by atomic mass is 10.2. The number of benzene rings is 1. The molecule has 0 aliphatic heterocycles. The Balaban J connectivity index is 1.54. The minimum Gasteiger partial charge on any atom is -0.395 e. The summed E-state index contributed by atoms with van der Waals surface area (Å²) in [5, 5.41) is 12.1. The molecule has 0 spiro atoms. The molecule has 0 bridgehead atoms. The maximum Gasteiger partial charge on any atom is 0.317 e. The van der Waals surface area contributed by atoms with Gasteiger partial charge in [-0.15, -0.1) is 0 Å². The molecule has 130 valence electrons. The van der Waals surface area contributed by atoms with Crippen molar-refractivity contribution in [2.24, 2.45) is 0 Å². The zero-order valence-electron chi connectivity index (χ0n) is 14.0. The molecule has 2 N–H and O–H groups in total. The number of nitrogens with one attached hydrogen (secondary N) is 1. The van der Waals surface area contributed by atoms with Crippen LogP contribution >= 0.6 is 0 Å². The van der Waals surface area contributed by atoms with Gasteiger partial charge in [-0.05, 0) is 17.7 Å². The van der Waals surface area contributed by atoms with Crippen LogP contribution in [0.25, 0.3) is 5.65 Å². The molecule has 0 aliphatic carbocycles. The van der Waals surface area contributed by atoms with Crippen LogP contribution in [0.15, 0.2) is 60.9 Å². The second-order valence-corrected chi connectivity index (χ2v) is 5.81. The first-order valence-corrected chi connectivity index (χ1v) is 8.36. The Morgan fingerprint density at radius 1 is 1.16 bits per heavy atom. The summed E-state index contributed by atoms with van der Waals surface area (Å²) >= 11 is 0. The second-order valence-electron chi connectivity index (χ2n) is 5.81. The van der Waals surface area contributed by atoms with Crippen LogP contribution in [0.4, 0.5) is 4.79 Å². The van der Waals surface area contributed by atoms with E-state index in [2.05, 4.69) is 10.3 Å². The standard InChI is InChI=1S/C19H22N4O2/c24-13-12-23(14-16-6-2-1-3-7-16)19(25)20-10-9-17-15-22-11-5-4-8-18(22)21-17/h1-8,11,15,24H,9-10,12-14H2,(H,20,25). The summed E-state index contributed by atoms with van der Waals surface area (Å²) in [4.78, 5) is 18.5. The lowest BCUT2D eigenvalue weighted by Crippen LogP contribution is -2.41. The fourth-order valence-electron chi connectivity index (χ4n) is 2.69. The second kappa shape index (κ2) is 8.30. The first-order valence-electron chi connectivity index (χ1n) is 8.36. The van der Waals surface area contributed by atoms with Crippen LogP contribution in [-0.4, -0.2) is 45.1 Å². The lowest BCUT2D eigenvalue weighted by Gasteiger charge is -2.22. The molecule has 0 saturated carbocycles. The van der Waals surface area contributed by atoms with Crippen LogP contribution < -0.4 is 5.32 Å². The van der Waals surface area contributed by atoms with Gasteiger partial charge in [0.1, 0.15) is 5.65 Å². The highest BCUT2D eigenvalue weighted by molar-refractivity contribution is 5.74. The number of aliphatic hydroxyl groups is 1. The molecular formula is C19H22N4O2. The van der Waals surface area contributed by atoms with Gasteiger partial charge in [-0.2, -0.15) is 0 Å². The number of carbonyl (C=O) groups is 1. The Hall–Kier alpha value is -2.86. The largest absolute Gasteiger partial charge is 0.395 e. The van der Waals surface area contributed by atoms with Crippen LogP contribution in [0.2, 0.25) is 0 Å². The van der Waals surface area contributed by atoms with E-state index in [1.807, 2.05) is 65.3 Å². The molecule has 6 heteroatoms. The molecule has 0 fully saturated rings. The summed E-state index contributed by atoms with van der Waals surface area (Å²) in [6, 6.07) is 15.4. The van der Waals surface area contributed by atoms with Crippen molar-refractivity contribution in [1.29, 1.82) is 0 Å². The molecule has 2 aromatic heterocycles. The number of aliphatic hydroxyl groups excluding tert-OH is 1. The van der Waals surface area contributed by atoms with E-state index in [0.717, 1.165) is 16.9 Å². The molecule has 0 radical (unpaired) electrons. The molecule has 3 aromatic rings. The SMILES string of the molecule is O=C(NCCc1cn2ccccc2n1)N(CCO)Cc1ccccc1. The number of aromatic nitrogens is 2. The number of hydrogen-bond donors (Lipinski definition) is 2. The molecule has 0 atom stereocenters. The summed E-state index contributed by atoms with van der Waals surface area (Å²) < 4.78 is 1.96. The maximum absolute atomic E-state index is 12.4. The third kappa shape index (κ3) is 4.58. The number of hydrogen-bond acceptors (Lipinski definition) is 3. The minimum absolute atomic E-state index is 0.0628. The van der Waals surface area contributed by atoms with Gasteiger partial charge in [0, 0.05) is 38.4 Å². The first-order chi connectivity index (χ1) is 12.3. The smallest absolute Gasteiger partial charge is 0.317 e. The zero-order chi connectivity index (χ0) is 17.5. The summed E-state index contributed by atoms with van der Waals surface area (Å²) in [5.74, 6) is 0. The molecule has 2 amide bonds. The van der Waals surface area contributed by atoms with E-state index in [4.69, 9.17) is 0 Å². The molecule has 1 aromatic carbocycles. The number of imidazole rings is 1. The monoisotopic (exact) mass is 338 g/mol. The van der Waals surface area contributed by atoms with Crippen LogP contribution in [-0.2, 0) is 13.0 Å². The number of nitrogens with zero attached hydrogens (tertiary/aromatic N) is 3. The summed E-state index contributed by atoms with van der Waals surface area (Å²) in [5.41, 5.74) is 2.87. The van der Waals surface area contributed by atoms with Crippen LogP contribution in [0.1, 0.15) is 11.3 Å². The van der Waals surface area contributed by atoms with Crippen LogP contribution in [0.3, 0.4) is 0 Å². The lowest BCUT2D eigenvalue weighted by molar-refractivity contribution is 0.174. The van der Waals surface area contributed by atoms with E-state index in [-0.39, 0.29) is 12.6 Å². The Kier molecular flexibility index (Phi) is 5.64. The van der Waals surface area contributed by atoms with Gasteiger partial charge in [0.15, 0.2) is 0 Å². The quantitative estimate of drug-likeness (QED) is 0.693. The Bertz CT molecular complexity index is 783. The third-order valence-electron chi connectivity index (χ3n) is 3.94. The van der Waals surface area contributed by atoms with Crippen molar-refractivity contribution < 1.29 is 9.90 Å². The number of rotatable bonds is 7. The van der Waals surface area contributed by atoms with Gasteiger partial charge in [0.05, 0.1) is 12.3 Å². The highest BCUT2D eigenvalue weighted by atomic mass is 16.3. The summed E-state index contributed by atoms with van der Waals surface area (Å²) in [7, 11) is 0. The summed E-state index contributed by atoms with van der Waals surface area (Å²) in [6.45, 7) is 1.21. The van der Waals surface area contributed by atoms with Gasteiger partial charge in [0.25, 0.3) is 0 Å². The van der Waals surface area contributed by atoms with Gasteiger partial charge >= 0.3 is 6.03 Å². The van der Waals surface area contributed by atoms with Crippen molar-refractivity contribution in [3.05, 3.63) is 72.2 Å². The predicted octanol–water partition coefficient (Wildman–Crippen LogP) is 2.08. The summed E-state index contributed by atoms with van der Waals surface area (Å²) in [6.07, 6.45) is 4.58. The third-order valence-corrected chi connectivity index (χ3v) is 3.94. The number of carbonyl (C=O) groups excluding carboxylic acids is 1. The van der Waals surface area contributed by atoms with E-state index in [1.165, 1.54) is 0 Å². The number of fused-ring (bicyclic) bond motifs is 1. The average molecular weight is 338 g/mol. The molecule has 6 nitrogen and oxygen atoms in total. The number of pyridine rings is 1. The van der Waals surface area contributed by atoms with Crippen LogP contribution in [0, 0.1) is 0 Å².